The van der Waals surface area contributed by atoms with Gasteiger partial charge in [-0.2, -0.15) is 0 Å². The molecule has 0 saturated carbocycles. The lowest BCUT2D eigenvalue weighted by Crippen LogP contribution is -2.45. The average Bonchev–Trinajstić information content (AvgIpc) is 2.76. The minimum absolute atomic E-state index is 0.0640. The first kappa shape index (κ1) is 21.3. The zero-order valence-electron chi connectivity index (χ0n) is 16.0. The number of carbonyl (C=O) groups is 2. The summed E-state index contributed by atoms with van der Waals surface area (Å²) < 4.78 is 18.7. The van der Waals surface area contributed by atoms with Crippen LogP contribution in [0.5, 0.6) is 0 Å². The van der Waals surface area contributed by atoms with Gasteiger partial charge in [-0.1, -0.05) is 24.3 Å². The number of nitrogens with zero attached hydrogens (tertiary/aromatic N) is 2. The second kappa shape index (κ2) is 9.90. The zero-order chi connectivity index (χ0) is 21.5. The number of morpholine rings is 1. The molecule has 1 aliphatic rings. The van der Waals surface area contributed by atoms with Gasteiger partial charge in [-0.05, 0) is 23.8 Å². The first-order valence-electron chi connectivity index (χ1n) is 9.35. The fourth-order valence-electron chi connectivity index (χ4n) is 3.22. The highest BCUT2D eigenvalue weighted by Gasteiger charge is 2.25. The summed E-state index contributed by atoms with van der Waals surface area (Å²) in [6.07, 6.45) is 0. The van der Waals surface area contributed by atoms with Crippen molar-refractivity contribution in [2.24, 2.45) is 0 Å². The number of nitro benzene ring substituents is 1. The number of nitrogens with one attached hydrogen (secondary N) is 2. The van der Waals surface area contributed by atoms with Crippen LogP contribution < -0.4 is 10.6 Å². The Labute approximate surface area is 172 Å². The molecular weight excluding hydrogens is 395 g/mol. The van der Waals surface area contributed by atoms with Gasteiger partial charge in [0, 0.05) is 25.7 Å². The Balaban J connectivity index is 1.67. The number of ether oxygens (including phenoxy) is 1. The lowest BCUT2D eigenvalue weighted by Gasteiger charge is -2.34. The Hall–Kier alpha value is -3.37. The molecule has 2 N–H and O–H groups in total. The fourth-order valence-corrected chi connectivity index (χ4v) is 3.22. The molecule has 2 amide bonds. The Kier molecular flexibility index (Phi) is 7.04. The Morgan fingerprint density at radius 3 is 2.43 bits per heavy atom. The van der Waals surface area contributed by atoms with E-state index in [0.29, 0.717) is 26.3 Å². The highest BCUT2D eigenvalue weighted by atomic mass is 19.1. The minimum Gasteiger partial charge on any atom is -0.379 e. The van der Waals surface area contributed by atoms with Crippen LogP contribution in [0, 0.1) is 15.9 Å². The van der Waals surface area contributed by atoms with Crippen molar-refractivity contribution in [1.29, 1.82) is 0 Å². The summed E-state index contributed by atoms with van der Waals surface area (Å²) in [6, 6.07) is 11.2. The number of halogens is 1. The van der Waals surface area contributed by atoms with Crippen LogP contribution in [0.2, 0.25) is 0 Å². The van der Waals surface area contributed by atoms with Gasteiger partial charge in [-0.15, -0.1) is 0 Å². The molecule has 158 valence electrons. The van der Waals surface area contributed by atoms with Gasteiger partial charge in [0.1, 0.15) is 11.5 Å². The van der Waals surface area contributed by atoms with Crippen LogP contribution >= 0.6 is 0 Å². The van der Waals surface area contributed by atoms with E-state index in [2.05, 4.69) is 15.5 Å². The number of carbonyl (C=O) groups excluding carboxylic acids is 2. The van der Waals surface area contributed by atoms with Crippen LogP contribution in [-0.2, 0) is 14.3 Å². The predicted octanol–water partition coefficient (Wildman–Crippen LogP) is 1.86. The summed E-state index contributed by atoms with van der Waals surface area (Å²) in [5.74, 6) is -2.30. The lowest BCUT2D eigenvalue weighted by atomic mass is 10.0. The lowest BCUT2D eigenvalue weighted by molar-refractivity contribution is -0.383. The number of hydrogen-bond acceptors (Lipinski definition) is 6. The molecule has 3 rings (SSSR count). The van der Waals surface area contributed by atoms with E-state index in [4.69, 9.17) is 4.74 Å². The molecule has 0 bridgehead atoms. The van der Waals surface area contributed by atoms with Gasteiger partial charge in [-0.25, -0.2) is 4.39 Å². The van der Waals surface area contributed by atoms with Crippen LogP contribution in [0.25, 0.3) is 0 Å². The van der Waals surface area contributed by atoms with Crippen molar-refractivity contribution in [3.05, 3.63) is 70.0 Å². The molecule has 0 aromatic heterocycles. The topological polar surface area (TPSA) is 114 Å². The molecule has 1 fully saturated rings. The molecule has 1 saturated heterocycles. The summed E-state index contributed by atoms with van der Waals surface area (Å²) in [6.45, 7) is 2.42. The Morgan fingerprint density at radius 2 is 1.77 bits per heavy atom. The molecular formula is C20H21FN4O5. The molecule has 2 aromatic carbocycles. The average molecular weight is 416 g/mol. The molecule has 0 radical (unpaired) electrons. The van der Waals surface area contributed by atoms with Gasteiger partial charge < -0.3 is 15.4 Å². The predicted molar refractivity (Wildman–Crippen MR) is 106 cm³/mol. The first-order chi connectivity index (χ1) is 14.5. The minimum atomic E-state index is -1.01. The van der Waals surface area contributed by atoms with Crippen molar-refractivity contribution in [3.8, 4) is 0 Å². The second-order valence-corrected chi connectivity index (χ2v) is 6.65. The summed E-state index contributed by atoms with van der Waals surface area (Å²) in [5, 5.41) is 15.9. The van der Waals surface area contributed by atoms with Crippen molar-refractivity contribution in [2.45, 2.75) is 6.04 Å². The van der Waals surface area contributed by atoms with Crippen molar-refractivity contribution in [1.82, 2.24) is 10.2 Å². The molecule has 0 unspecified atom stereocenters. The number of amides is 2. The van der Waals surface area contributed by atoms with Crippen LogP contribution in [0.4, 0.5) is 15.8 Å². The van der Waals surface area contributed by atoms with E-state index in [9.17, 15) is 24.1 Å². The Morgan fingerprint density at radius 1 is 1.10 bits per heavy atom. The number of para-hydroxylation sites is 2. The van der Waals surface area contributed by atoms with Gasteiger partial charge in [0.05, 0.1) is 24.2 Å². The van der Waals surface area contributed by atoms with Crippen LogP contribution in [0.1, 0.15) is 11.6 Å². The summed E-state index contributed by atoms with van der Waals surface area (Å²) in [4.78, 5) is 37.0. The number of hydrogen-bond donors (Lipinski definition) is 2. The van der Waals surface area contributed by atoms with E-state index in [1.807, 2.05) is 0 Å². The van der Waals surface area contributed by atoms with E-state index in [1.165, 1.54) is 36.4 Å². The van der Waals surface area contributed by atoms with Crippen LogP contribution in [0.3, 0.4) is 0 Å². The SMILES string of the molecule is O=C(NC[C@@H](c1ccc(F)cc1)N1CCOCC1)C(=O)Nc1ccccc1[N+](=O)[O-]. The molecule has 1 aliphatic heterocycles. The number of nitro groups is 1. The van der Waals surface area contributed by atoms with Crippen molar-refractivity contribution in [2.75, 3.05) is 38.2 Å². The third-order valence-electron chi connectivity index (χ3n) is 4.75. The van der Waals surface area contributed by atoms with Gasteiger partial charge in [0.15, 0.2) is 0 Å². The molecule has 1 atom stereocenters. The maximum absolute atomic E-state index is 13.3. The zero-order valence-corrected chi connectivity index (χ0v) is 16.0. The normalized spacial score (nSPS) is 15.2. The largest absolute Gasteiger partial charge is 0.379 e. The standard InChI is InChI=1S/C20H21FN4O5/c21-15-7-5-14(6-8-15)18(24-9-11-30-12-10-24)13-22-19(26)20(27)23-16-3-1-2-4-17(16)25(28)29/h1-8,18H,9-13H2,(H,22,26)(H,23,27)/t18-/m0/s1. The van der Waals surface area contributed by atoms with Crippen LogP contribution in [0.15, 0.2) is 48.5 Å². The number of anilines is 1. The Bertz CT molecular complexity index is 916. The molecule has 1 heterocycles. The maximum atomic E-state index is 13.3. The molecule has 0 spiro atoms. The monoisotopic (exact) mass is 416 g/mol. The van der Waals surface area contributed by atoms with Gasteiger partial charge in [0.25, 0.3) is 5.69 Å². The van der Waals surface area contributed by atoms with E-state index >= 15 is 0 Å². The van der Waals surface area contributed by atoms with Gasteiger partial charge >= 0.3 is 11.8 Å². The number of rotatable bonds is 6. The smallest absolute Gasteiger partial charge is 0.313 e. The van der Waals surface area contributed by atoms with E-state index < -0.39 is 16.7 Å². The molecule has 10 heteroatoms. The van der Waals surface area contributed by atoms with E-state index in [-0.39, 0.29) is 29.8 Å². The summed E-state index contributed by atoms with van der Waals surface area (Å²) >= 11 is 0. The number of benzene rings is 2. The van der Waals surface area contributed by atoms with E-state index in [1.54, 1.807) is 12.1 Å². The fraction of sp³-hybridized carbons (Fsp3) is 0.300. The second-order valence-electron chi connectivity index (χ2n) is 6.65. The highest BCUT2D eigenvalue weighted by Crippen LogP contribution is 2.23. The summed E-state index contributed by atoms with van der Waals surface area (Å²) in [5.41, 5.74) is 0.416. The van der Waals surface area contributed by atoms with Crippen molar-refractivity contribution < 1.29 is 23.6 Å². The van der Waals surface area contributed by atoms with E-state index in [0.717, 1.165) is 5.56 Å². The molecule has 30 heavy (non-hydrogen) atoms. The van der Waals surface area contributed by atoms with Crippen molar-refractivity contribution >= 4 is 23.2 Å². The molecule has 0 aliphatic carbocycles. The quantitative estimate of drug-likeness (QED) is 0.422. The van der Waals surface area contributed by atoms with Gasteiger partial charge in [0.2, 0.25) is 0 Å². The van der Waals surface area contributed by atoms with Gasteiger partial charge in [-0.3, -0.25) is 24.6 Å². The summed E-state index contributed by atoms with van der Waals surface area (Å²) in [7, 11) is 0. The molecule has 2 aromatic rings. The first-order valence-corrected chi connectivity index (χ1v) is 9.35. The third kappa shape index (κ3) is 5.37. The highest BCUT2D eigenvalue weighted by molar-refractivity contribution is 6.39. The van der Waals surface area contributed by atoms with Crippen LogP contribution in [-0.4, -0.2) is 54.5 Å². The molecule has 9 nitrogen and oxygen atoms in total. The van der Waals surface area contributed by atoms with Crippen molar-refractivity contribution in [3.63, 3.8) is 0 Å². The maximum Gasteiger partial charge on any atom is 0.313 e. The third-order valence-corrected chi connectivity index (χ3v) is 4.75.